The number of ether oxygens (including phenoxy) is 1. The van der Waals surface area contributed by atoms with Gasteiger partial charge in [0.1, 0.15) is 5.82 Å². The van der Waals surface area contributed by atoms with E-state index in [0.29, 0.717) is 13.2 Å². The fourth-order valence-electron chi connectivity index (χ4n) is 1.25. The van der Waals surface area contributed by atoms with E-state index >= 15 is 0 Å². The van der Waals surface area contributed by atoms with E-state index in [4.69, 9.17) is 4.74 Å². The number of nitrogens with one attached hydrogen (secondary N) is 1. The minimum absolute atomic E-state index is 0.178. The zero-order valence-electron chi connectivity index (χ0n) is 9.05. The fraction of sp³-hybridized carbons (Fsp3) is 0.455. The summed E-state index contributed by atoms with van der Waals surface area (Å²) in [5, 5.41) is 3.01. The summed E-state index contributed by atoms with van der Waals surface area (Å²) in [5.41, 5.74) is 0.970. The molecular weight excluding hydrogens is 213 g/mol. The number of rotatable bonds is 6. The normalized spacial score (nSPS) is 10.6. The first kappa shape index (κ1) is 12.5. The molecule has 1 aromatic rings. The first-order valence-electron chi connectivity index (χ1n) is 4.82. The van der Waals surface area contributed by atoms with Crippen LogP contribution in [-0.2, 0) is 11.3 Å². The third-order valence-electron chi connectivity index (χ3n) is 1.87. The lowest BCUT2D eigenvalue weighted by molar-refractivity contribution is 0.218. The van der Waals surface area contributed by atoms with Crippen molar-refractivity contribution in [3.8, 4) is 0 Å². The standard InChI is InChI=1S/C11H16FNOS/c1-13-8-9-5-10(12)7-11(6-9)15-4-3-14-2/h5-7,13H,3-4,8H2,1-2H3. The Kier molecular flexibility index (Phi) is 5.68. The molecule has 0 amide bonds. The molecule has 84 valence electrons. The maximum absolute atomic E-state index is 13.2. The van der Waals surface area contributed by atoms with E-state index in [1.165, 1.54) is 0 Å². The second kappa shape index (κ2) is 6.82. The molecule has 15 heavy (non-hydrogen) atoms. The summed E-state index contributed by atoms with van der Waals surface area (Å²) in [5.74, 6) is 0.668. The topological polar surface area (TPSA) is 21.3 Å². The maximum Gasteiger partial charge on any atom is 0.124 e. The summed E-state index contributed by atoms with van der Waals surface area (Å²) in [7, 11) is 3.52. The molecule has 0 spiro atoms. The molecule has 0 unspecified atom stereocenters. The van der Waals surface area contributed by atoms with Gasteiger partial charge in [-0.2, -0.15) is 0 Å². The van der Waals surface area contributed by atoms with Gasteiger partial charge in [-0.1, -0.05) is 0 Å². The van der Waals surface area contributed by atoms with Crippen molar-refractivity contribution in [1.29, 1.82) is 0 Å². The highest BCUT2D eigenvalue weighted by Crippen LogP contribution is 2.20. The predicted octanol–water partition coefficient (Wildman–Crippen LogP) is 2.28. The van der Waals surface area contributed by atoms with Crippen molar-refractivity contribution in [2.45, 2.75) is 11.4 Å². The number of benzene rings is 1. The zero-order chi connectivity index (χ0) is 11.1. The lowest BCUT2D eigenvalue weighted by atomic mass is 10.2. The molecule has 0 aliphatic carbocycles. The molecule has 0 saturated carbocycles. The molecule has 0 aliphatic rings. The third-order valence-corrected chi connectivity index (χ3v) is 2.81. The Morgan fingerprint density at radius 3 is 2.87 bits per heavy atom. The van der Waals surface area contributed by atoms with Crippen LogP contribution in [-0.4, -0.2) is 26.5 Å². The molecule has 0 saturated heterocycles. The molecule has 0 atom stereocenters. The highest BCUT2D eigenvalue weighted by atomic mass is 32.2. The average molecular weight is 229 g/mol. The summed E-state index contributed by atoms with van der Waals surface area (Å²) in [6.07, 6.45) is 0. The van der Waals surface area contributed by atoms with Crippen LogP contribution in [0.5, 0.6) is 0 Å². The van der Waals surface area contributed by atoms with Crippen LogP contribution in [0.1, 0.15) is 5.56 Å². The molecular formula is C11H16FNOS. The second-order valence-corrected chi connectivity index (χ2v) is 4.34. The van der Waals surface area contributed by atoms with Crippen LogP contribution in [0.25, 0.3) is 0 Å². The molecule has 0 aliphatic heterocycles. The number of halogens is 1. The highest BCUT2D eigenvalue weighted by molar-refractivity contribution is 7.99. The Morgan fingerprint density at radius 1 is 1.40 bits per heavy atom. The van der Waals surface area contributed by atoms with Crippen LogP contribution >= 0.6 is 11.8 Å². The van der Waals surface area contributed by atoms with Crippen molar-refractivity contribution >= 4 is 11.8 Å². The summed E-state index contributed by atoms with van der Waals surface area (Å²) in [6.45, 7) is 1.37. The molecule has 0 aromatic heterocycles. The Hall–Kier alpha value is -0.580. The van der Waals surface area contributed by atoms with Crippen LogP contribution in [0.4, 0.5) is 4.39 Å². The van der Waals surface area contributed by atoms with Gasteiger partial charge in [0, 0.05) is 24.3 Å². The molecule has 0 fully saturated rings. The van der Waals surface area contributed by atoms with Gasteiger partial charge in [-0.25, -0.2) is 4.39 Å². The Bertz CT molecular complexity index is 307. The van der Waals surface area contributed by atoms with Crippen LogP contribution < -0.4 is 5.32 Å². The van der Waals surface area contributed by atoms with E-state index in [1.54, 1.807) is 31.0 Å². The van der Waals surface area contributed by atoms with Gasteiger partial charge in [0.15, 0.2) is 0 Å². The van der Waals surface area contributed by atoms with Crippen molar-refractivity contribution < 1.29 is 9.13 Å². The van der Waals surface area contributed by atoms with Crippen LogP contribution in [0, 0.1) is 5.82 Å². The number of thioether (sulfide) groups is 1. The number of hydrogen-bond acceptors (Lipinski definition) is 3. The van der Waals surface area contributed by atoms with Gasteiger partial charge in [0.05, 0.1) is 6.61 Å². The zero-order valence-corrected chi connectivity index (χ0v) is 9.86. The minimum atomic E-state index is -0.178. The molecule has 0 bridgehead atoms. The summed E-state index contributed by atoms with van der Waals surface area (Å²) in [6, 6.07) is 5.11. The molecule has 1 aromatic carbocycles. The van der Waals surface area contributed by atoms with E-state index in [1.807, 2.05) is 13.1 Å². The SMILES string of the molecule is CNCc1cc(F)cc(SCCOC)c1. The van der Waals surface area contributed by atoms with Crippen molar-refractivity contribution in [3.05, 3.63) is 29.6 Å². The molecule has 4 heteroatoms. The third kappa shape index (κ3) is 4.64. The van der Waals surface area contributed by atoms with Gasteiger partial charge in [-0.05, 0) is 30.8 Å². The van der Waals surface area contributed by atoms with E-state index in [-0.39, 0.29) is 5.82 Å². The second-order valence-electron chi connectivity index (χ2n) is 3.17. The molecule has 1 rings (SSSR count). The molecule has 2 nitrogen and oxygen atoms in total. The molecule has 0 heterocycles. The average Bonchev–Trinajstić information content (AvgIpc) is 2.18. The fourth-order valence-corrected chi connectivity index (χ4v) is 2.17. The van der Waals surface area contributed by atoms with Gasteiger partial charge >= 0.3 is 0 Å². The first-order valence-corrected chi connectivity index (χ1v) is 5.80. The molecule has 1 N–H and O–H groups in total. The summed E-state index contributed by atoms with van der Waals surface area (Å²) < 4.78 is 18.1. The van der Waals surface area contributed by atoms with Crippen LogP contribution in [0.15, 0.2) is 23.1 Å². The van der Waals surface area contributed by atoms with Gasteiger partial charge in [-0.15, -0.1) is 11.8 Å². The van der Waals surface area contributed by atoms with Gasteiger partial charge < -0.3 is 10.1 Å². The van der Waals surface area contributed by atoms with E-state index in [2.05, 4.69) is 5.32 Å². The Balaban J connectivity index is 2.62. The van der Waals surface area contributed by atoms with Crippen molar-refractivity contribution in [3.63, 3.8) is 0 Å². The first-order chi connectivity index (χ1) is 7.26. The monoisotopic (exact) mass is 229 g/mol. The van der Waals surface area contributed by atoms with Gasteiger partial charge in [0.2, 0.25) is 0 Å². The Labute approximate surface area is 94.2 Å². The van der Waals surface area contributed by atoms with E-state index in [0.717, 1.165) is 16.2 Å². The van der Waals surface area contributed by atoms with Crippen LogP contribution in [0.2, 0.25) is 0 Å². The van der Waals surface area contributed by atoms with Crippen molar-refractivity contribution in [1.82, 2.24) is 5.32 Å². The summed E-state index contributed by atoms with van der Waals surface area (Å²) >= 11 is 1.61. The van der Waals surface area contributed by atoms with E-state index in [9.17, 15) is 4.39 Å². The smallest absolute Gasteiger partial charge is 0.124 e. The lowest BCUT2D eigenvalue weighted by Gasteiger charge is -2.05. The predicted molar refractivity (Wildman–Crippen MR) is 61.8 cm³/mol. The van der Waals surface area contributed by atoms with Gasteiger partial charge in [-0.3, -0.25) is 0 Å². The highest BCUT2D eigenvalue weighted by Gasteiger charge is 2.00. The van der Waals surface area contributed by atoms with Crippen molar-refractivity contribution in [2.24, 2.45) is 0 Å². The van der Waals surface area contributed by atoms with E-state index < -0.39 is 0 Å². The molecule has 0 radical (unpaired) electrons. The van der Waals surface area contributed by atoms with Crippen LogP contribution in [0.3, 0.4) is 0 Å². The Morgan fingerprint density at radius 2 is 2.20 bits per heavy atom. The number of methoxy groups -OCH3 is 1. The largest absolute Gasteiger partial charge is 0.384 e. The van der Waals surface area contributed by atoms with Crippen molar-refractivity contribution in [2.75, 3.05) is 26.5 Å². The maximum atomic E-state index is 13.2. The lowest BCUT2D eigenvalue weighted by Crippen LogP contribution is -2.05. The summed E-state index contributed by atoms with van der Waals surface area (Å²) in [4.78, 5) is 0.956. The minimum Gasteiger partial charge on any atom is -0.384 e. The van der Waals surface area contributed by atoms with Gasteiger partial charge in [0.25, 0.3) is 0 Å². The quantitative estimate of drug-likeness (QED) is 0.597. The number of hydrogen-bond donors (Lipinski definition) is 1.